The molecule has 6 rings (SSSR count). The van der Waals surface area contributed by atoms with Gasteiger partial charge in [-0.05, 0) is 30.3 Å². The van der Waals surface area contributed by atoms with E-state index in [9.17, 15) is 4.79 Å². The first-order chi connectivity index (χ1) is 16.7. The van der Waals surface area contributed by atoms with Gasteiger partial charge in [-0.1, -0.05) is 58.3 Å². The molecular weight excluding hydrogens is 426 g/mol. The van der Waals surface area contributed by atoms with Crippen molar-refractivity contribution in [1.82, 2.24) is 14.7 Å². The molecule has 0 aliphatic carbocycles. The summed E-state index contributed by atoms with van der Waals surface area (Å²) in [7, 11) is 0. The van der Waals surface area contributed by atoms with Crippen LogP contribution < -0.4 is 10.1 Å². The van der Waals surface area contributed by atoms with Crippen molar-refractivity contribution in [2.24, 2.45) is 5.10 Å². The first-order valence-corrected chi connectivity index (χ1v) is 10.9. The Morgan fingerprint density at radius 1 is 0.912 bits per heavy atom. The number of aromatic nitrogens is 2. The lowest BCUT2D eigenvalue weighted by Gasteiger charge is -2.29. The number of furan rings is 1. The average Bonchev–Trinajstić information content (AvgIpc) is 3.50. The van der Waals surface area contributed by atoms with Gasteiger partial charge in [0.25, 0.3) is 0 Å². The molecule has 1 N–H and O–H groups in total. The fourth-order valence-corrected chi connectivity index (χ4v) is 4.30. The molecule has 0 spiro atoms. The van der Waals surface area contributed by atoms with E-state index in [0.717, 1.165) is 33.3 Å². The molecule has 34 heavy (non-hydrogen) atoms. The second-order valence-corrected chi connectivity index (χ2v) is 8.10. The molecule has 0 saturated carbocycles. The highest BCUT2D eigenvalue weighted by molar-refractivity contribution is 5.94. The van der Waals surface area contributed by atoms with Crippen LogP contribution in [0.15, 0.2) is 101 Å². The number of carbonyl (C=O) groups excluding carboxylic acids is 1. The lowest BCUT2D eigenvalue weighted by molar-refractivity contribution is 0.110. The Labute approximate surface area is 195 Å². The van der Waals surface area contributed by atoms with Gasteiger partial charge in [-0.3, -0.25) is 4.79 Å². The fraction of sp³-hybridized carbons (Fsp3) is 0.0370. The Morgan fingerprint density at radius 2 is 1.76 bits per heavy atom. The second kappa shape index (κ2) is 8.06. The van der Waals surface area contributed by atoms with Crippen molar-refractivity contribution in [3.8, 4) is 11.3 Å². The van der Waals surface area contributed by atoms with E-state index in [2.05, 4.69) is 39.7 Å². The molecule has 0 fully saturated rings. The predicted octanol–water partition coefficient (Wildman–Crippen LogP) is 5.58. The van der Waals surface area contributed by atoms with Crippen LogP contribution in [0.1, 0.15) is 21.7 Å². The summed E-state index contributed by atoms with van der Waals surface area (Å²) in [5.74, 6) is 1.58. The van der Waals surface area contributed by atoms with E-state index >= 15 is 0 Å². The van der Waals surface area contributed by atoms with Crippen molar-refractivity contribution in [3.63, 3.8) is 0 Å². The number of para-hydroxylation sites is 1. The quantitative estimate of drug-likeness (QED) is 0.272. The summed E-state index contributed by atoms with van der Waals surface area (Å²) < 4.78 is 5.74. The largest absolute Gasteiger partial charge is 0.453 e. The Kier molecular flexibility index (Phi) is 4.75. The van der Waals surface area contributed by atoms with Gasteiger partial charge >= 0.3 is 0 Å². The summed E-state index contributed by atoms with van der Waals surface area (Å²) >= 11 is 0. The molecule has 7 nitrogen and oxygen atoms in total. The number of aldehydes is 1. The van der Waals surface area contributed by atoms with Crippen molar-refractivity contribution in [2.75, 3.05) is 5.43 Å². The van der Waals surface area contributed by atoms with E-state index in [1.165, 1.54) is 6.33 Å². The van der Waals surface area contributed by atoms with E-state index in [4.69, 9.17) is 9.52 Å². The number of anilines is 1. The molecule has 0 bridgehead atoms. The van der Waals surface area contributed by atoms with E-state index in [1.54, 1.807) is 12.1 Å². The van der Waals surface area contributed by atoms with Crippen LogP contribution in [0.2, 0.25) is 0 Å². The lowest BCUT2D eigenvalue weighted by Crippen LogP contribution is -2.47. The SMILES string of the molecule is O=Cc1ccc(-c2ccc3c(N[N+]4(Cc5ccccc5)N=Cc5ccccc54)ncnc3c2)o1. The third-order valence-electron chi connectivity index (χ3n) is 5.94. The van der Waals surface area contributed by atoms with E-state index in [1.807, 2.05) is 54.7 Å². The van der Waals surface area contributed by atoms with Crippen LogP contribution in [0.25, 0.3) is 22.2 Å². The molecular formula is C27H20N5O2+. The highest BCUT2D eigenvalue weighted by Crippen LogP contribution is 2.36. The summed E-state index contributed by atoms with van der Waals surface area (Å²) in [4.78, 5) is 20.0. The second-order valence-electron chi connectivity index (χ2n) is 8.10. The van der Waals surface area contributed by atoms with Gasteiger partial charge in [0.05, 0.1) is 17.3 Å². The fourth-order valence-electron chi connectivity index (χ4n) is 4.30. The van der Waals surface area contributed by atoms with Gasteiger partial charge < -0.3 is 4.42 Å². The van der Waals surface area contributed by atoms with Crippen molar-refractivity contribution >= 4 is 34.9 Å². The minimum absolute atomic E-state index is 0.162. The van der Waals surface area contributed by atoms with E-state index in [-0.39, 0.29) is 10.5 Å². The number of nitrogens with zero attached hydrogens (tertiary/aromatic N) is 4. The van der Waals surface area contributed by atoms with Crippen molar-refractivity contribution in [2.45, 2.75) is 6.54 Å². The maximum absolute atomic E-state index is 11.0. The zero-order chi connectivity index (χ0) is 23.0. The number of carbonyl (C=O) groups is 1. The number of benzene rings is 3. The van der Waals surface area contributed by atoms with Crippen molar-refractivity contribution in [1.29, 1.82) is 0 Å². The first kappa shape index (κ1) is 20.0. The average molecular weight is 446 g/mol. The van der Waals surface area contributed by atoms with E-state index < -0.39 is 0 Å². The van der Waals surface area contributed by atoms with Gasteiger partial charge in [-0.25, -0.2) is 9.97 Å². The predicted molar refractivity (Wildman–Crippen MR) is 132 cm³/mol. The monoisotopic (exact) mass is 446 g/mol. The maximum Gasteiger partial charge on any atom is 0.193 e. The van der Waals surface area contributed by atoms with Crippen LogP contribution in [0, 0.1) is 0 Å². The Morgan fingerprint density at radius 3 is 2.62 bits per heavy atom. The van der Waals surface area contributed by atoms with Crippen molar-refractivity contribution < 1.29 is 9.21 Å². The standard InChI is InChI=1S/C27H20N5O2/c33-17-22-11-13-26(34-22)20-10-12-23-24(14-20)28-18-29-27(23)31-32(16-19-6-2-1-3-7-19)25-9-5-4-8-21(25)15-30-32/h1-15,17-18H,16H2,(H,28,29,31)/q+1. The van der Waals surface area contributed by atoms with Gasteiger partial charge in [-0.2, -0.15) is 5.43 Å². The highest BCUT2D eigenvalue weighted by Gasteiger charge is 2.39. The number of quaternary nitrogens is 1. The van der Waals surface area contributed by atoms with Crippen molar-refractivity contribution in [3.05, 3.63) is 108 Å². The normalized spacial score (nSPS) is 16.5. The Balaban J connectivity index is 1.43. The van der Waals surface area contributed by atoms with Crippen LogP contribution in [0.5, 0.6) is 0 Å². The van der Waals surface area contributed by atoms with Crippen LogP contribution in [0.3, 0.4) is 0 Å². The molecule has 3 aromatic carbocycles. The lowest BCUT2D eigenvalue weighted by atomic mass is 10.1. The smallest absolute Gasteiger partial charge is 0.193 e. The molecule has 164 valence electrons. The molecule has 0 radical (unpaired) electrons. The van der Waals surface area contributed by atoms with Gasteiger partial charge in [0.2, 0.25) is 0 Å². The summed E-state index contributed by atoms with van der Waals surface area (Å²) in [5.41, 5.74) is 8.45. The van der Waals surface area contributed by atoms with Crippen LogP contribution in [-0.2, 0) is 6.54 Å². The van der Waals surface area contributed by atoms with Crippen LogP contribution in [0.4, 0.5) is 11.5 Å². The van der Waals surface area contributed by atoms with Gasteiger partial charge in [0.1, 0.15) is 12.1 Å². The third-order valence-corrected chi connectivity index (χ3v) is 5.94. The Bertz CT molecular complexity index is 1540. The molecule has 7 heteroatoms. The Hall–Kier alpha value is -4.62. The number of nitrogens with one attached hydrogen (secondary N) is 1. The molecule has 5 aromatic rings. The summed E-state index contributed by atoms with van der Waals surface area (Å²) in [6, 6.07) is 27.7. The first-order valence-electron chi connectivity index (χ1n) is 10.9. The molecule has 1 aliphatic heterocycles. The minimum Gasteiger partial charge on any atom is -0.453 e. The summed E-state index contributed by atoms with van der Waals surface area (Å²) in [6.45, 7) is 0.610. The van der Waals surface area contributed by atoms with Gasteiger partial charge in [0.15, 0.2) is 30.1 Å². The van der Waals surface area contributed by atoms with Gasteiger partial charge in [0, 0.05) is 22.6 Å². The number of hydrogen-bond donors (Lipinski definition) is 1. The molecule has 1 atom stereocenters. The number of fused-ring (bicyclic) bond motifs is 2. The molecule has 3 heterocycles. The zero-order valence-corrected chi connectivity index (χ0v) is 18.1. The third kappa shape index (κ3) is 3.44. The molecule has 0 amide bonds. The number of rotatable bonds is 6. The zero-order valence-electron chi connectivity index (χ0n) is 18.1. The molecule has 1 unspecified atom stereocenters. The molecule has 1 aliphatic rings. The van der Waals surface area contributed by atoms with E-state index in [0.29, 0.717) is 24.4 Å². The topological polar surface area (TPSA) is 80.4 Å². The summed E-state index contributed by atoms with van der Waals surface area (Å²) in [6.07, 6.45) is 4.13. The van der Waals surface area contributed by atoms with Gasteiger partial charge in [-0.15, -0.1) is 0 Å². The molecule has 0 saturated heterocycles. The highest BCUT2D eigenvalue weighted by atomic mass is 16.3. The van der Waals surface area contributed by atoms with Crippen LogP contribution >= 0.6 is 0 Å². The maximum atomic E-state index is 11.0. The number of hydrogen-bond acceptors (Lipinski definition) is 6. The van der Waals surface area contributed by atoms with Crippen LogP contribution in [-0.4, -0.2) is 22.5 Å². The minimum atomic E-state index is 0.162. The summed E-state index contributed by atoms with van der Waals surface area (Å²) in [5, 5.41) is 5.76. The molecule has 2 aromatic heterocycles.